The summed E-state index contributed by atoms with van der Waals surface area (Å²) in [4.78, 5) is 25.3. The van der Waals surface area contributed by atoms with Crippen LogP contribution in [-0.2, 0) is 11.3 Å². The molecule has 1 aliphatic heterocycles. The maximum absolute atomic E-state index is 12.3. The summed E-state index contributed by atoms with van der Waals surface area (Å²) in [7, 11) is 0. The Kier molecular flexibility index (Phi) is 5.39. The summed E-state index contributed by atoms with van der Waals surface area (Å²) in [6.07, 6.45) is 3.24. The fourth-order valence-corrected chi connectivity index (χ4v) is 2.97. The summed E-state index contributed by atoms with van der Waals surface area (Å²) in [5, 5.41) is 11.0. The molecule has 8 heteroatoms. The Morgan fingerprint density at radius 2 is 1.92 bits per heavy atom. The van der Waals surface area contributed by atoms with Crippen molar-refractivity contribution in [2.75, 3.05) is 19.6 Å². The van der Waals surface area contributed by atoms with Gasteiger partial charge in [0.25, 0.3) is 5.91 Å². The molecule has 0 bridgehead atoms. The van der Waals surface area contributed by atoms with E-state index < -0.39 is 0 Å². The number of primary amides is 1. The van der Waals surface area contributed by atoms with Crippen LogP contribution in [0.2, 0.25) is 0 Å². The number of amides is 2. The van der Waals surface area contributed by atoms with Crippen molar-refractivity contribution in [3.05, 3.63) is 47.8 Å². The highest BCUT2D eigenvalue weighted by atomic mass is 16.2. The van der Waals surface area contributed by atoms with E-state index in [1.54, 1.807) is 10.9 Å². The van der Waals surface area contributed by atoms with Gasteiger partial charge in [0.05, 0.1) is 19.3 Å². The van der Waals surface area contributed by atoms with E-state index >= 15 is 0 Å². The summed E-state index contributed by atoms with van der Waals surface area (Å²) >= 11 is 0. The van der Waals surface area contributed by atoms with Crippen molar-refractivity contribution in [1.82, 2.24) is 25.2 Å². The minimum absolute atomic E-state index is 0.0795. The predicted octanol–water partition coefficient (Wildman–Crippen LogP) is 0.00590. The number of hydrogen-bond donors (Lipinski definition) is 2. The van der Waals surface area contributed by atoms with Crippen LogP contribution in [-0.4, -0.2) is 57.4 Å². The Bertz CT molecular complexity index is 722. The first-order valence-corrected chi connectivity index (χ1v) is 8.36. The summed E-state index contributed by atoms with van der Waals surface area (Å²) in [6, 6.07) is 9.96. The highest BCUT2D eigenvalue weighted by Gasteiger charge is 2.22. The highest BCUT2D eigenvalue weighted by molar-refractivity contribution is 5.92. The maximum Gasteiger partial charge on any atom is 0.273 e. The van der Waals surface area contributed by atoms with E-state index in [2.05, 4.69) is 15.6 Å². The van der Waals surface area contributed by atoms with Crippen LogP contribution in [0.15, 0.2) is 36.5 Å². The molecule has 1 saturated heterocycles. The Morgan fingerprint density at radius 3 is 2.60 bits per heavy atom. The Morgan fingerprint density at radius 1 is 1.20 bits per heavy atom. The number of rotatable bonds is 6. The summed E-state index contributed by atoms with van der Waals surface area (Å²) < 4.78 is 1.65. The molecule has 1 aromatic heterocycles. The van der Waals surface area contributed by atoms with Gasteiger partial charge >= 0.3 is 0 Å². The Labute approximate surface area is 146 Å². The second-order valence-corrected chi connectivity index (χ2v) is 6.28. The van der Waals surface area contributed by atoms with Gasteiger partial charge in [-0.25, -0.2) is 4.68 Å². The SMILES string of the molecule is NC(=O)CN1CCC(NC(=O)c2cn(Cc3ccccc3)nn2)CC1. The molecule has 25 heavy (non-hydrogen) atoms. The summed E-state index contributed by atoms with van der Waals surface area (Å²) in [5.41, 5.74) is 6.62. The molecule has 0 aliphatic carbocycles. The molecule has 1 aromatic carbocycles. The monoisotopic (exact) mass is 342 g/mol. The van der Waals surface area contributed by atoms with Gasteiger partial charge in [-0.3, -0.25) is 14.5 Å². The van der Waals surface area contributed by atoms with Crippen LogP contribution in [0, 0.1) is 0 Å². The van der Waals surface area contributed by atoms with E-state index in [9.17, 15) is 9.59 Å². The van der Waals surface area contributed by atoms with Gasteiger partial charge in [0, 0.05) is 19.1 Å². The molecule has 3 N–H and O–H groups in total. The molecule has 0 saturated carbocycles. The van der Waals surface area contributed by atoms with Crippen LogP contribution in [0.1, 0.15) is 28.9 Å². The maximum atomic E-state index is 12.3. The van der Waals surface area contributed by atoms with Gasteiger partial charge in [-0.2, -0.15) is 0 Å². The van der Waals surface area contributed by atoms with Crippen LogP contribution >= 0.6 is 0 Å². The van der Waals surface area contributed by atoms with Crippen molar-refractivity contribution in [2.45, 2.75) is 25.4 Å². The molecular formula is C17H22N6O2. The van der Waals surface area contributed by atoms with Gasteiger partial charge in [0.2, 0.25) is 5.91 Å². The fraction of sp³-hybridized carbons (Fsp3) is 0.412. The van der Waals surface area contributed by atoms with Crippen LogP contribution in [0.4, 0.5) is 0 Å². The lowest BCUT2D eigenvalue weighted by molar-refractivity contribution is -0.119. The van der Waals surface area contributed by atoms with Gasteiger partial charge in [-0.1, -0.05) is 35.5 Å². The molecule has 8 nitrogen and oxygen atoms in total. The molecule has 0 spiro atoms. The minimum Gasteiger partial charge on any atom is -0.369 e. The van der Waals surface area contributed by atoms with Crippen molar-refractivity contribution in [2.24, 2.45) is 5.73 Å². The van der Waals surface area contributed by atoms with Crippen molar-refractivity contribution < 1.29 is 9.59 Å². The predicted molar refractivity (Wildman–Crippen MR) is 91.7 cm³/mol. The molecule has 0 atom stereocenters. The molecule has 1 fully saturated rings. The zero-order valence-electron chi connectivity index (χ0n) is 14.0. The third kappa shape index (κ3) is 4.87. The zero-order valence-corrected chi connectivity index (χ0v) is 14.0. The largest absolute Gasteiger partial charge is 0.369 e. The van der Waals surface area contributed by atoms with Gasteiger partial charge in [-0.15, -0.1) is 5.10 Å². The lowest BCUT2D eigenvalue weighted by Gasteiger charge is -2.31. The molecule has 132 valence electrons. The summed E-state index contributed by atoms with van der Waals surface area (Å²) in [6.45, 7) is 2.34. The fourth-order valence-electron chi connectivity index (χ4n) is 2.97. The number of aromatic nitrogens is 3. The van der Waals surface area contributed by atoms with Gasteiger partial charge in [0.15, 0.2) is 5.69 Å². The quantitative estimate of drug-likeness (QED) is 0.769. The molecule has 3 rings (SSSR count). The molecule has 1 aliphatic rings. The molecule has 2 amide bonds. The van der Waals surface area contributed by atoms with Crippen LogP contribution in [0.3, 0.4) is 0 Å². The second-order valence-electron chi connectivity index (χ2n) is 6.28. The highest BCUT2D eigenvalue weighted by Crippen LogP contribution is 2.10. The third-order valence-electron chi connectivity index (χ3n) is 4.26. The normalized spacial score (nSPS) is 15.8. The summed E-state index contributed by atoms with van der Waals surface area (Å²) in [5.74, 6) is -0.537. The Hall–Kier alpha value is -2.74. The van der Waals surface area contributed by atoms with E-state index in [0.717, 1.165) is 31.5 Å². The number of carbonyl (C=O) groups is 2. The molecule has 2 aromatic rings. The first-order chi connectivity index (χ1) is 12.1. The van der Waals surface area contributed by atoms with E-state index in [1.807, 2.05) is 35.2 Å². The molecule has 2 heterocycles. The number of nitrogens with one attached hydrogen (secondary N) is 1. The van der Waals surface area contributed by atoms with Crippen molar-refractivity contribution in [3.8, 4) is 0 Å². The zero-order chi connectivity index (χ0) is 17.6. The Balaban J connectivity index is 1.50. The average Bonchev–Trinajstić information content (AvgIpc) is 3.06. The van der Waals surface area contributed by atoms with E-state index in [-0.39, 0.29) is 24.4 Å². The number of nitrogens with two attached hydrogens (primary N) is 1. The van der Waals surface area contributed by atoms with E-state index in [4.69, 9.17) is 5.73 Å². The van der Waals surface area contributed by atoms with Crippen LogP contribution < -0.4 is 11.1 Å². The first kappa shape index (κ1) is 17.1. The smallest absolute Gasteiger partial charge is 0.273 e. The lowest BCUT2D eigenvalue weighted by Crippen LogP contribution is -2.46. The average molecular weight is 342 g/mol. The van der Waals surface area contributed by atoms with Gasteiger partial charge in [-0.05, 0) is 18.4 Å². The standard InChI is InChI=1S/C17H22N6O2/c18-16(24)12-22-8-6-14(7-9-22)19-17(25)15-11-23(21-20-15)10-13-4-2-1-3-5-13/h1-5,11,14H,6-10,12H2,(H2,18,24)(H,19,25). The third-order valence-corrected chi connectivity index (χ3v) is 4.26. The minimum atomic E-state index is -0.322. The lowest BCUT2D eigenvalue weighted by atomic mass is 10.0. The number of hydrogen-bond acceptors (Lipinski definition) is 5. The molecule has 0 unspecified atom stereocenters. The molecule has 0 radical (unpaired) electrons. The van der Waals surface area contributed by atoms with Gasteiger partial charge in [0.1, 0.15) is 0 Å². The number of carbonyl (C=O) groups excluding carboxylic acids is 2. The van der Waals surface area contributed by atoms with Gasteiger partial charge < -0.3 is 11.1 Å². The van der Waals surface area contributed by atoms with Crippen LogP contribution in [0.25, 0.3) is 0 Å². The topological polar surface area (TPSA) is 106 Å². The van der Waals surface area contributed by atoms with Crippen molar-refractivity contribution in [1.29, 1.82) is 0 Å². The molecular weight excluding hydrogens is 320 g/mol. The second kappa shape index (κ2) is 7.89. The number of likely N-dealkylation sites (tertiary alicyclic amines) is 1. The van der Waals surface area contributed by atoms with Crippen molar-refractivity contribution in [3.63, 3.8) is 0 Å². The number of nitrogens with zero attached hydrogens (tertiary/aromatic N) is 4. The van der Waals surface area contributed by atoms with Crippen LogP contribution in [0.5, 0.6) is 0 Å². The first-order valence-electron chi connectivity index (χ1n) is 8.36. The van der Waals surface area contributed by atoms with Crippen molar-refractivity contribution >= 4 is 11.8 Å². The number of piperidine rings is 1. The van der Waals surface area contributed by atoms with E-state index in [0.29, 0.717) is 12.2 Å². The van der Waals surface area contributed by atoms with E-state index in [1.165, 1.54) is 0 Å². The number of benzene rings is 1.